The van der Waals surface area contributed by atoms with Gasteiger partial charge in [-0.05, 0) is 60.2 Å². The molecule has 1 amide bonds. The molecule has 0 radical (unpaired) electrons. The standard InChI is InChI=1S/C24H23ClN4O4S/c1-31-21-13-17(25)9-10-19(21)28-23(30)15-33-20-11-8-16(12-22(20)32-2)14-26-29-24(34)27-18-6-4-3-5-7-18/h3-14H,15H2,1-2H3,(H,28,30)(H2,27,29,34)/b26-14-. The predicted molar refractivity (Wildman–Crippen MR) is 139 cm³/mol. The van der Waals surface area contributed by atoms with Crippen LogP contribution in [-0.2, 0) is 4.79 Å². The lowest BCUT2D eigenvalue weighted by molar-refractivity contribution is -0.118. The number of carbonyl (C=O) groups is 1. The van der Waals surface area contributed by atoms with Crippen LogP contribution in [0.2, 0.25) is 5.02 Å². The number of nitrogens with one attached hydrogen (secondary N) is 3. The van der Waals surface area contributed by atoms with Crippen molar-refractivity contribution >= 4 is 52.4 Å². The van der Waals surface area contributed by atoms with Crippen LogP contribution in [0.4, 0.5) is 11.4 Å². The Hall–Kier alpha value is -3.82. The minimum atomic E-state index is -0.364. The Morgan fingerprint density at radius 2 is 1.74 bits per heavy atom. The molecule has 0 aliphatic heterocycles. The SMILES string of the molecule is COc1cc(Cl)ccc1NC(=O)COc1ccc(/C=N\NC(=S)Nc2ccccc2)cc1OC. The lowest BCUT2D eigenvalue weighted by atomic mass is 10.2. The molecule has 10 heteroatoms. The van der Waals surface area contributed by atoms with Gasteiger partial charge in [0, 0.05) is 16.8 Å². The Balaban J connectivity index is 1.54. The minimum Gasteiger partial charge on any atom is -0.495 e. The van der Waals surface area contributed by atoms with Crippen LogP contribution in [-0.4, -0.2) is 38.1 Å². The first-order valence-corrected chi connectivity index (χ1v) is 10.9. The van der Waals surface area contributed by atoms with Gasteiger partial charge in [0.25, 0.3) is 5.91 Å². The van der Waals surface area contributed by atoms with Gasteiger partial charge in [-0.15, -0.1) is 0 Å². The molecule has 3 aromatic carbocycles. The van der Waals surface area contributed by atoms with Crippen molar-refractivity contribution in [2.24, 2.45) is 5.10 Å². The fraction of sp³-hybridized carbons (Fsp3) is 0.125. The Morgan fingerprint density at radius 3 is 2.47 bits per heavy atom. The summed E-state index contributed by atoms with van der Waals surface area (Å²) in [5.41, 5.74) is 4.85. The summed E-state index contributed by atoms with van der Waals surface area (Å²) in [5, 5.41) is 10.7. The maximum absolute atomic E-state index is 12.3. The number of para-hydroxylation sites is 1. The number of anilines is 2. The van der Waals surface area contributed by atoms with E-state index in [4.69, 9.17) is 38.0 Å². The molecule has 3 rings (SSSR count). The molecule has 0 saturated carbocycles. The summed E-state index contributed by atoms with van der Waals surface area (Å²) < 4.78 is 16.2. The second-order valence-electron chi connectivity index (χ2n) is 6.78. The zero-order chi connectivity index (χ0) is 24.3. The summed E-state index contributed by atoms with van der Waals surface area (Å²) in [4.78, 5) is 12.3. The number of hydrazone groups is 1. The number of methoxy groups -OCH3 is 2. The van der Waals surface area contributed by atoms with Gasteiger partial charge in [-0.25, -0.2) is 0 Å². The molecule has 3 aromatic rings. The van der Waals surface area contributed by atoms with Crippen molar-refractivity contribution in [1.29, 1.82) is 0 Å². The summed E-state index contributed by atoms with van der Waals surface area (Å²) in [6, 6.07) is 19.6. The number of hydrogen-bond acceptors (Lipinski definition) is 6. The number of nitrogens with zero attached hydrogens (tertiary/aromatic N) is 1. The number of amides is 1. The molecule has 0 aliphatic carbocycles. The van der Waals surface area contributed by atoms with E-state index >= 15 is 0 Å². The molecule has 8 nitrogen and oxygen atoms in total. The van der Waals surface area contributed by atoms with Crippen molar-refractivity contribution < 1.29 is 19.0 Å². The number of carbonyl (C=O) groups excluding carboxylic acids is 1. The fourth-order valence-electron chi connectivity index (χ4n) is 2.83. The summed E-state index contributed by atoms with van der Waals surface area (Å²) in [6.45, 7) is -0.226. The maximum Gasteiger partial charge on any atom is 0.262 e. The number of halogens is 1. The third kappa shape index (κ3) is 7.36. The van der Waals surface area contributed by atoms with Crippen LogP contribution in [0.3, 0.4) is 0 Å². The van der Waals surface area contributed by atoms with Gasteiger partial charge in [0.2, 0.25) is 0 Å². The lowest BCUT2D eigenvalue weighted by Gasteiger charge is -2.13. The van der Waals surface area contributed by atoms with E-state index in [-0.39, 0.29) is 12.5 Å². The van der Waals surface area contributed by atoms with E-state index in [1.54, 1.807) is 42.6 Å². The second kappa shape index (κ2) is 12.4. The first-order valence-electron chi connectivity index (χ1n) is 10.1. The van der Waals surface area contributed by atoms with Gasteiger partial charge >= 0.3 is 0 Å². The predicted octanol–water partition coefficient (Wildman–Crippen LogP) is 4.70. The zero-order valence-corrected chi connectivity index (χ0v) is 20.1. The van der Waals surface area contributed by atoms with Crippen LogP contribution in [0.15, 0.2) is 71.8 Å². The third-order valence-electron chi connectivity index (χ3n) is 4.40. The zero-order valence-electron chi connectivity index (χ0n) is 18.5. The lowest BCUT2D eigenvalue weighted by Crippen LogP contribution is -2.23. The molecule has 0 atom stereocenters. The van der Waals surface area contributed by atoms with Crippen LogP contribution < -0.4 is 30.3 Å². The van der Waals surface area contributed by atoms with Crippen LogP contribution in [0.5, 0.6) is 17.2 Å². The fourth-order valence-corrected chi connectivity index (χ4v) is 3.16. The van der Waals surface area contributed by atoms with Gasteiger partial charge in [-0.3, -0.25) is 10.2 Å². The van der Waals surface area contributed by atoms with E-state index in [0.29, 0.717) is 33.1 Å². The molecule has 0 bridgehead atoms. The molecule has 0 fully saturated rings. The van der Waals surface area contributed by atoms with E-state index in [1.165, 1.54) is 14.2 Å². The van der Waals surface area contributed by atoms with Gasteiger partial charge in [0.15, 0.2) is 23.2 Å². The maximum atomic E-state index is 12.3. The molecular formula is C24H23ClN4O4S. The molecule has 176 valence electrons. The molecule has 34 heavy (non-hydrogen) atoms. The highest BCUT2D eigenvalue weighted by molar-refractivity contribution is 7.80. The van der Waals surface area contributed by atoms with Crippen molar-refractivity contribution in [2.45, 2.75) is 0 Å². The molecule has 0 unspecified atom stereocenters. The Bertz CT molecular complexity index is 1170. The highest BCUT2D eigenvalue weighted by atomic mass is 35.5. The molecule has 0 aliphatic rings. The van der Waals surface area contributed by atoms with Crippen molar-refractivity contribution in [3.8, 4) is 17.2 Å². The summed E-state index contributed by atoms with van der Waals surface area (Å²) in [7, 11) is 3.01. The monoisotopic (exact) mass is 498 g/mol. The number of benzene rings is 3. The summed E-state index contributed by atoms with van der Waals surface area (Å²) >= 11 is 11.2. The van der Waals surface area contributed by atoms with Gasteiger partial charge in [0.05, 0.1) is 26.1 Å². The van der Waals surface area contributed by atoms with Crippen molar-refractivity contribution in [1.82, 2.24) is 5.43 Å². The Labute approximate surface area is 207 Å². The Kier molecular flexibility index (Phi) is 9.07. The molecule has 0 spiro atoms. The highest BCUT2D eigenvalue weighted by Gasteiger charge is 2.11. The molecular weight excluding hydrogens is 476 g/mol. The molecule has 3 N–H and O–H groups in total. The normalized spacial score (nSPS) is 10.4. The smallest absolute Gasteiger partial charge is 0.262 e. The summed E-state index contributed by atoms with van der Waals surface area (Å²) in [6.07, 6.45) is 1.59. The van der Waals surface area contributed by atoms with Gasteiger partial charge in [-0.2, -0.15) is 5.10 Å². The quantitative estimate of drug-likeness (QED) is 0.224. The van der Waals surface area contributed by atoms with E-state index in [0.717, 1.165) is 11.3 Å². The highest BCUT2D eigenvalue weighted by Crippen LogP contribution is 2.29. The van der Waals surface area contributed by atoms with Crippen molar-refractivity contribution in [2.75, 3.05) is 31.5 Å². The molecule has 0 aromatic heterocycles. The van der Waals surface area contributed by atoms with Crippen LogP contribution in [0, 0.1) is 0 Å². The van der Waals surface area contributed by atoms with Crippen LogP contribution in [0.25, 0.3) is 0 Å². The second-order valence-corrected chi connectivity index (χ2v) is 7.63. The number of ether oxygens (including phenoxy) is 3. The van der Waals surface area contributed by atoms with Gasteiger partial charge in [-0.1, -0.05) is 29.8 Å². The summed E-state index contributed by atoms with van der Waals surface area (Å²) in [5.74, 6) is 0.948. The Morgan fingerprint density at radius 1 is 0.971 bits per heavy atom. The first-order chi connectivity index (χ1) is 16.5. The van der Waals surface area contributed by atoms with Crippen LogP contribution in [0.1, 0.15) is 5.56 Å². The van der Waals surface area contributed by atoms with Crippen LogP contribution >= 0.6 is 23.8 Å². The van der Waals surface area contributed by atoms with E-state index < -0.39 is 0 Å². The minimum absolute atomic E-state index is 0.226. The number of rotatable bonds is 9. The average Bonchev–Trinajstić information content (AvgIpc) is 2.84. The average molecular weight is 499 g/mol. The topological polar surface area (TPSA) is 93.2 Å². The van der Waals surface area contributed by atoms with E-state index in [2.05, 4.69) is 21.2 Å². The molecule has 0 saturated heterocycles. The number of hydrogen-bond donors (Lipinski definition) is 3. The third-order valence-corrected chi connectivity index (χ3v) is 4.82. The van der Waals surface area contributed by atoms with E-state index in [1.807, 2.05) is 30.3 Å². The van der Waals surface area contributed by atoms with E-state index in [9.17, 15) is 4.79 Å². The van der Waals surface area contributed by atoms with Crippen molar-refractivity contribution in [3.05, 3.63) is 77.3 Å². The van der Waals surface area contributed by atoms with Gasteiger partial charge in [0.1, 0.15) is 5.75 Å². The molecule has 0 heterocycles. The van der Waals surface area contributed by atoms with Crippen molar-refractivity contribution in [3.63, 3.8) is 0 Å². The first kappa shape index (κ1) is 24.8. The largest absolute Gasteiger partial charge is 0.495 e. The number of thiocarbonyl (C=S) groups is 1. The van der Waals surface area contributed by atoms with Gasteiger partial charge < -0.3 is 24.8 Å².